The van der Waals surface area contributed by atoms with Crippen LogP contribution in [0.2, 0.25) is 0 Å². The molecule has 1 heterocycles. The zero-order chi connectivity index (χ0) is 25.5. The van der Waals surface area contributed by atoms with E-state index < -0.39 is 18.4 Å². The number of ether oxygens (including phenoxy) is 2. The van der Waals surface area contributed by atoms with Gasteiger partial charge in [-0.15, -0.1) is 0 Å². The van der Waals surface area contributed by atoms with Gasteiger partial charge < -0.3 is 19.9 Å². The van der Waals surface area contributed by atoms with Crippen molar-refractivity contribution in [3.63, 3.8) is 0 Å². The molecule has 2 N–H and O–H groups in total. The van der Waals surface area contributed by atoms with E-state index >= 15 is 0 Å². The summed E-state index contributed by atoms with van der Waals surface area (Å²) in [5.41, 5.74) is 2.43. The number of hydrogen-bond acceptors (Lipinski definition) is 7. The second-order valence-electron chi connectivity index (χ2n) is 7.88. The molecule has 0 atom stereocenters. The van der Waals surface area contributed by atoms with E-state index in [4.69, 9.17) is 26.8 Å². The molecule has 0 unspecified atom stereocenters. The molecule has 1 aliphatic heterocycles. The monoisotopic (exact) mass is 514 g/mol. The number of carboxylic acids is 1. The van der Waals surface area contributed by atoms with Crippen molar-refractivity contribution in [1.29, 1.82) is 0 Å². The number of carboxylic acid groups (broad SMARTS) is 1. The van der Waals surface area contributed by atoms with Crippen LogP contribution in [0, 0.1) is 0 Å². The molecule has 0 aliphatic carbocycles. The number of carbonyl (C=O) groups is 3. The molecule has 184 valence electrons. The molecule has 1 fully saturated rings. The first-order valence-electron chi connectivity index (χ1n) is 10.9. The summed E-state index contributed by atoms with van der Waals surface area (Å²) in [4.78, 5) is 37.4. The fourth-order valence-corrected chi connectivity index (χ4v) is 4.62. The second-order valence-corrected chi connectivity index (χ2v) is 9.56. The van der Waals surface area contributed by atoms with Crippen molar-refractivity contribution in [2.75, 3.05) is 25.1 Å². The van der Waals surface area contributed by atoms with E-state index in [2.05, 4.69) is 19.2 Å². The number of thioether (sulfide) groups is 1. The third kappa shape index (κ3) is 6.83. The summed E-state index contributed by atoms with van der Waals surface area (Å²) >= 11 is 6.17. The molecular weight excluding hydrogens is 488 g/mol. The molecule has 8 nitrogen and oxygen atoms in total. The van der Waals surface area contributed by atoms with Crippen molar-refractivity contribution in [3.8, 4) is 11.5 Å². The van der Waals surface area contributed by atoms with Crippen molar-refractivity contribution >= 4 is 57.8 Å². The van der Waals surface area contributed by atoms with Crippen molar-refractivity contribution in [3.05, 3.63) is 58.5 Å². The minimum absolute atomic E-state index is 0.193. The van der Waals surface area contributed by atoms with Crippen molar-refractivity contribution in [1.82, 2.24) is 4.90 Å². The number of amides is 2. The van der Waals surface area contributed by atoms with Gasteiger partial charge in [0.15, 0.2) is 18.1 Å². The van der Waals surface area contributed by atoms with Crippen LogP contribution in [0.1, 0.15) is 37.8 Å². The average Bonchev–Trinajstić information content (AvgIpc) is 3.06. The standard InChI is InChI=1S/C25H26N2O6S2/c1-4-32-20-11-16(12-21-24(31)27(13-23(29)30)25(34)35-21)9-10-19(20)33-14-22(28)26-18-8-6-5-7-17(18)15(2)3/h5-12,15H,4,13-14H2,1-3H3,(H,26,28)(H,29,30)/b21-12-. The summed E-state index contributed by atoms with van der Waals surface area (Å²) in [6.45, 7) is 5.61. The van der Waals surface area contributed by atoms with E-state index in [1.54, 1.807) is 24.3 Å². The van der Waals surface area contributed by atoms with Gasteiger partial charge in [0.1, 0.15) is 10.9 Å². The Hall–Kier alpha value is -3.37. The molecule has 2 aromatic rings. The molecule has 2 amide bonds. The fourth-order valence-electron chi connectivity index (χ4n) is 3.37. The highest BCUT2D eigenvalue weighted by atomic mass is 32.2. The quantitative estimate of drug-likeness (QED) is 0.352. The highest BCUT2D eigenvalue weighted by molar-refractivity contribution is 8.26. The molecule has 0 spiro atoms. The molecule has 2 aromatic carbocycles. The summed E-state index contributed by atoms with van der Waals surface area (Å²) in [5, 5.41) is 11.9. The van der Waals surface area contributed by atoms with Crippen LogP contribution >= 0.6 is 24.0 Å². The number of benzene rings is 2. The van der Waals surface area contributed by atoms with Gasteiger partial charge >= 0.3 is 5.97 Å². The van der Waals surface area contributed by atoms with Gasteiger partial charge in [-0.1, -0.05) is 62.1 Å². The van der Waals surface area contributed by atoms with Gasteiger partial charge in [-0.2, -0.15) is 0 Å². The first kappa shape index (κ1) is 26.2. The molecule has 35 heavy (non-hydrogen) atoms. The van der Waals surface area contributed by atoms with Gasteiger partial charge in [-0.3, -0.25) is 19.3 Å². The van der Waals surface area contributed by atoms with Crippen LogP contribution < -0.4 is 14.8 Å². The molecule has 3 rings (SSSR count). The van der Waals surface area contributed by atoms with E-state index in [0.717, 1.165) is 27.9 Å². The number of carbonyl (C=O) groups excluding carboxylic acids is 2. The molecule has 0 saturated carbocycles. The summed E-state index contributed by atoms with van der Waals surface area (Å²) in [6.07, 6.45) is 1.61. The van der Waals surface area contributed by atoms with Gasteiger partial charge in [0.25, 0.3) is 11.8 Å². The SMILES string of the molecule is CCOc1cc(/C=C2\SC(=S)N(CC(=O)O)C2=O)ccc1OCC(=O)Nc1ccccc1C(C)C. The minimum atomic E-state index is -1.14. The number of para-hydroxylation sites is 1. The Morgan fingerprint density at radius 1 is 1.17 bits per heavy atom. The highest BCUT2D eigenvalue weighted by Gasteiger charge is 2.33. The smallest absolute Gasteiger partial charge is 0.323 e. The third-order valence-electron chi connectivity index (χ3n) is 4.95. The largest absolute Gasteiger partial charge is 0.490 e. The number of nitrogens with one attached hydrogen (secondary N) is 1. The Morgan fingerprint density at radius 3 is 2.60 bits per heavy atom. The summed E-state index contributed by atoms with van der Waals surface area (Å²) in [6, 6.07) is 12.7. The molecule has 1 aliphatic rings. The first-order valence-corrected chi connectivity index (χ1v) is 12.2. The van der Waals surface area contributed by atoms with E-state index in [1.165, 1.54) is 0 Å². The Balaban J connectivity index is 1.71. The molecule has 10 heteroatoms. The number of anilines is 1. The second kappa shape index (κ2) is 11.9. The number of aliphatic carboxylic acids is 1. The maximum atomic E-state index is 12.5. The van der Waals surface area contributed by atoms with Gasteiger partial charge in [0.2, 0.25) is 0 Å². The van der Waals surface area contributed by atoms with Crippen molar-refractivity contribution in [2.45, 2.75) is 26.7 Å². The van der Waals surface area contributed by atoms with Crippen LogP contribution in [0.5, 0.6) is 11.5 Å². The summed E-state index contributed by atoms with van der Waals surface area (Å²) < 4.78 is 11.6. The lowest BCUT2D eigenvalue weighted by molar-refractivity contribution is -0.140. The van der Waals surface area contributed by atoms with Crippen LogP contribution in [0.4, 0.5) is 5.69 Å². The number of rotatable bonds is 10. The zero-order valence-corrected chi connectivity index (χ0v) is 21.2. The Kier molecular flexibility index (Phi) is 8.89. The van der Waals surface area contributed by atoms with Crippen LogP contribution in [-0.4, -0.2) is 51.9 Å². The van der Waals surface area contributed by atoms with Crippen LogP contribution in [0.3, 0.4) is 0 Å². The van der Waals surface area contributed by atoms with Crippen molar-refractivity contribution < 1.29 is 29.0 Å². The van der Waals surface area contributed by atoms with Crippen LogP contribution in [0.15, 0.2) is 47.4 Å². The van der Waals surface area contributed by atoms with Gasteiger partial charge in [0, 0.05) is 5.69 Å². The van der Waals surface area contributed by atoms with E-state index in [9.17, 15) is 14.4 Å². The number of nitrogens with zero attached hydrogens (tertiary/aromatic N) is 1. The summed E-state index contributed by atoms with van der Waals surface area (Å²) in [7, 11) is 0. The topological polar surface area (TPSA) is 105 Å². The predicted octanol–water partition coefficient (Wildman–Crippen LogP) is 4.51. The van der Waals surface area contributed by atoms with E-state index in [-0.39, 0.29) is 22.8 Å². The Bertz CT molecular complexity index is 1180. The third-order valence-corrected chi connectivity index (χ3v) is 6.33. The lowest BCUT2D eigenvalue weighted by Crippen LogP contribution is -2.33. The Labute approximate surface area is 213 Å². The molecular formula is C25H26N2O6S2. The normalized spacial score (nSPS) is 14.5. The highest BCUT2D eigenvalue weighted by Crippen LogP contribution is 2.35. The number of hydrogen-bond donors (Lipinski definition) is 2. The maximum absolute atomic E-state index is 12.5. The lowest BCUT2D eigenvalue weighted by Gasteiger charge is -2.15. The van der Waals surface area contributed by atoms with Gasteiger partial charge in [-0.25, -0.2) is 0 Å². The van der Waals surface area contributed by atoms with Gasteiger partial charge in [0.05, 0.1) is 11.5 Å². The summed E-state index contributed by atoms with van der Waals surface area (Å²) in [5.74, 6) is -0.841. The first-order chi connectivity index (χ1) is 16.7. The van der Waals surface area contributed by atoms with Crippen LogP contribution in [0.25, 0.3) is 6.08 Å². The zero-order valence-electron chi connectivity index (χ0n) is 19.6. The Morgan fingerprint density at radius 2 is 1.91 bits per heavy atom. The van der Waals surface area contributed by atoms with Crippen LogP contribution in [-0.2, 0) is 14.4 Å². The van der Waals surface area contributed by atoms with E-state index in [0.29, 0.717) is 28.6 Å². The molecule has 1 saturated heterocycles. The molecule has 0 bridgehead atoms. The lowest BCUT2D eigenvalue weighted by atomic mass is 10.0. The average molecular weight is 515 g/mol. The van der Waals surface area contributed by atoms with E-state index in [1.807, 2.05) is 31.2 Å². The predicted molar refractivity (Wildman–Crippen MR) is 140 cm³/mol. The fraction of sp³-hybridized carbons (Fsp3) is 0.280. The maximum Gasteiger partial charge on any atom is 0.323 e. The number of thiocarbonyl (C=S) groups is 1. The van der Waals surface area contributed by atoms with Gasteiger partial charge in [-0.05, 0) is 48.2 Å². The molecule has 0 aromatic heterocycles. The van der Waals surface area contributed by atoms with Crippen molar-refractivity contribution in [2.24, 2.45) is 0 Å². The molecule has 0 radical (unpaired) electrons. The minimum Gasteiger partial charge on any atom is -0.490 e.